The number of anilines is 1. The lowest BCUT2D eigenvalue weighted by molar-refractivity contribution is -0.138. The van der Waals surface area contributed by atoms with Gasteiger partial charge in [0.05, 0.1) is 12.0 Å². The summed E-state index contributed by atoms with van der Waals surface area (Å²) in [6, 6.07) is 10.0. The minimum absolute atomic E-state index is 0.00171. The van der Waals surface area contributed by atoms with E-state index in [9.17, 15) is 22.8 Å². The van der Waals surface area contributed by atoms with Gasteiger partial charge in [-0.2, -0.15) is 13.2 Å². The van der Waals surface area contributed by atoms with E-state index in [2.05, 4.69) is 5.32 Å². The Labute approximate surface area is 148 Å². The maximum atomic E-state index is 13.0. The molecule has 2 aromatic carbocycles. The van der Waals surface area contributed by atoms with Crippen LogP contribution >= 0.6 is 0 Å². The van der Waals surface area contributed by atoms with Crippen molar-refractivity contribution in [2.24, 2.45) is 0 Å². The molecule has 0 aromatic heterocycles. The van der Waals surface area contributed by atoms with Crippen molar-refractivity contribution < 1.29 is 22.8 Å². The Balaban J connectivity index is 1.75. The van der Waals surface area contributed by atoms with Gasteiger partial charge in [0.1, 0.15) is 0 Å². The lowest BCUT2D eigenvalue weighted by atomic mass is 10.1. The molecule has 1 aliphatic heterocycles. The van der Waals surface area contributed by atoms with E-state index in [0.29, 0.717) is 12.1 Å². The first-order valence-corrected chi connectivity index (χ1v) is 8.18. The zero-order chi connectivity index (χ0) is 18.9. The first-order chi connectivity index (χ1) is 12.3. The monoisotopic (exact) mass is 362 g/mol. The quantitative estimate of drug-likeness (QED) is 0.904. The molecular weight excluding hydrogens is 345 g/mol. The number of hydrogen-bond donors (Lipinski definition) is 1. The van der Waals surface area contributed by atoms with E-state index in [0.717, 1.165) is 17.3 Å². The summed E-state index contributed by atoms with van der Waals surface area (Å²) >= 11 is 0. The molecule has 7 heteroatoms. The van der Waals surface area contributed by atoms with Gasteiger partial charge in [-0.25, -0.2) is 0 Å². The van der Waals surface area contributed by atoms with Gasteiger partial charge in [-0.05, 0) is 42.3 Å². The zero-order valence-corrected chi connectivity index (χ0v) is 14.1. The number of nitrogens with zero attached hydrogens (tertiary/aromatic N) is 1. The fourth-order valence-corrected chi connectivity index (χ4v) is 3.10. The second-order valence-electron chi connectivity index (χ2n) is 6.00. The van der Waals surface area contributed by atoms with E-state index in [4.69, 9.17) is 0 Å². The SMILES string of the molecule is CCN1C(=O)Cc2cc(C(=O)NCc3ccccc3C(F)(F)F)ccc21. The Morgan fingerprint density at radius 2 is 1.92 bits per heavy atom. The molecule has 1 aliphatic rings. The number of nitrogens with one attached hydrogen (secondary N) is 1. The maximum Gasteiger partial charge on any atom is 0.416 e. The molecule has 1 N–H and O–H groups in total. The molecule has 3 rings (SSSR count). The zero-order valence-electron chi connectivity index (χ0n) is 14.1. The number of carbonyl (C=O) groups is 2. The predicted molar refractivity (Wildman–Crippen MR) is 90.8 cm³/mol. The van der Waals surface area contributed by atoms with Gasteiger partial charge in [-0.15, -0.1) is 0 Å². The number of alkyl halides is 3. The highest BCUT2D eigenvalue weighted by Crippen LogP contribution is 2.32. The van der Waals surface area contributed by atoms with E-state index < -0.39 is 17.6 Å². The molecular formula is C19H17F3N2O2. The van der Waals surface area contributed by atoms with Crippen LogP contribution in [0.25, 0.3) is 0 Å². The molecule has 0 saturated carbocycles. The fraction of sp³-hybridized carbons (Fsp3) is 0.263. The minimum atomic E-state index is -4.47. The number of fused-ring (bicyclic) bond motifs is 1. The normalized spacial score (nSPS) is 13.7. The molecule has 0 radical (unpaired) electrons. The van der Waals surface area contributed by atoms with Gasteiger partial charge in [0.15, 0.2) is 0 Å². The number of hydrogen-bond acceptors (Lipinski definition) is 2. The molecule has 0 aliphatic carbocycles. The van der Waals surface area contributed by atoms with E-state index >= 15 is 0 Å². The van der Waals surface area contributed by atoms with Gasteiger partial charge in [-0.3, -0.25) is 9.59 Å². The molecule has 136 valence electrons. The van der Waals surface area contributed by atoms with Crippen LogP contribution in [0.15, 0.2) is 42.5 Å². The van der Waals surface area contributed by atoms with Crippen molar-refractivity contribution in [3.05, 3.63) is 64.7 Å². The van der Waals surface area contributed by atoms with Gasteiger partial charge < -0.3 is 10.2 Å². The van der Waals surface area contributed by atoms with Crippen molar-refractivity contribution in [1.29, 1.82) is 0 Å². The van der Waals surface area contributed by atoms with Crippen LogP contribution in [0.1, 0.15) is 34.0 Å². The standard InChI is InChI=1S/C19H17F3N2O2/c1-2-24-16-8-7-12(9-14(16)10-17(24)25)18(26)23-11-13-5-3-4-6-15(13)19(20,21)22/h3-9H,2,10-11H2,1H3,(H,23,26). The van der Waals surface area contributed by atoms with Crippen LogP contribution in [0.4, 0.5) is 18.9 Å². The van der Waals surface area contributed by atoms with Crippen molar-refractivity contribution in [2.45, 2.75) is 26.1 Å². The molecule has 0 fully saturated rings. The molecule has 0 spiro atoms. The summed E-state index contributed by atoms with van der Waals surface area (Å²) in [5.41, 5.74) is 1.08. The number of halogens is 3. The third-order valence-corrected chi connectivity index (χ3v) is 4.35. The lowest BCUT2D eigenvalue weighted by Crippen LogP contribution is -2.26. The Hall–Kier alpha value is -2.83. The van der Waals surface area contributed by atoms with E-state index in [-0.39, 0.29) is 24.4 Å². The number of benzene rings is 2. The van der Waals surface area contributed by atoms with Crippen LogP contribution in [-0.2, 0) is 23.9 Å². The Morgan fingerprint density at radius 1 is 1.19 bits per heavy atom. The highest BCUT2D eigenvalue weighted by atomic mass is 19.4. The van der Waals surface area contributed by atoms with E-state index in [1.807, 2.05) is 6.92 Å². The molecule has 2 amide bonds. The minimum Gasteiger partial charge on any atom is -0.348 e. The third kappa shape index (κ3) is 3.42. The van der Waals surface area contributed by atoms with Crippen LogP contribution in [0, 0.1) is 0 Å². The summed E-state index contributed by atoms with van der Waals surface area (Å²) in [5.74, 6) is -0.508. The van der Waals surface area contributed by atoms with Crippen molar-refractivity contribution in [1.82, 2.24) is 5.32 Å². The molecule has 0 atom stereocenters. The van der Waals surface area contributed by atoms with Gasteiger partial charge in [-0.1, -0.05) is 18.2 Å². The summed E-state index contributed by atoms with van der Waals surface area (Å²) in [4.78, 5) is 25.9. The van der Waals surface area contributed by atoms with Crippen LogP contribution in [0.2, 0.25) is 0 Å². The molecule has 26 heavy (non-hydrogen) atoms. The average molecular weight is 362 g/mol. The highest BCUT2D eigenvalue weighted by molar-refractivity contribution is 6.03. The third-order valence-electron chi connectivity index (χ3n) is 4.35. The summed E-state index contributed by atoms with van der Waals surface area (Å²) in [7, 11) is 0. The van der Waals surface area contributed by atoms with Gasteiger partial charge >= 0.3 is 6.18 Å². The van der Waals surface area contributed by atoms with Crippen molar-refractivity contribution >= 4 is 17.5 Å². The smallest absolute Gasteiger partial charge is 0.348 e. The van der Waals surface area contributed by atoms with Gasteiger partial charge in [0.2, 0.25) is 5.91 Å². The topological polar surface area (TPSA) is 49.4 Å². The Kier molecular flexibility index (Phi) is 4.71. The lowest BCUT2D eigenvalue weighted by Gasteiger charge is -2.15. The summed E-state index contributed by atoms with van der Waals surface area (Å²) < 4.78 is 39.0. The summed E-state index contributed by atoms with van der Waals surface area (Å²) in [6.45, 7) is 2.18. The molecule has 0 saturated heterocycles. The molecule has 2 aromatic rings. The summed E-state index contributed by atoms with van der Waals surface area (Å²) in [5, 5.41) is 2.52. The number of amides is 2. The van der Waals surface area contributed by atoms with Crippen molar-refractivity contribution in [3.63, 3.8) is 0 Å². The van der Waals surface area contributed by atoms with E-state index in [1.54, 1.807) is 23.1 Å². The van der Waals surface area contributed by atoms with Crippen molar-refractivity contribution in [3.8, 4) is 0 Å². The van der Waals surface area contributed by atoms with Gasteiger partial charge in [0, 0.05) is 24.3 Å². The first kappa shape index (κ1) is 18.0. The first-order valence-electron chi connectivity index (χ1n) is 8.18. The van der Waals surface area contributed by atoms with Crippen LogP contribution in [0.3, 0.4) is 0 Å². The number of carbonyl (C=O) groups excluding carboxylic acids is 2. The second-order valence-corrected chi connectivity index (χ2v) is 6.00. The van der Waals surface area contributed by atoms with E-state index in [1.165, 1.54) is 18.2 Å². The second kappa shape index (κ2) is 6.82. The molecule has 4 nitrogen and oxygen atoms in total. The molecule has 0 bridgehead atoms. The largest absolute Gasteiger partial charge is 0.416 e. The van der Waals surface area contributed by atoms with Gasteiger partial charge in [0.25, 0.3) is 5.91 Å². The van der Waals surface area contributed by atoms with Crippen LogP contribution < -0.4 is 10.2 Å². The molecule has 0 unspecified atom stereocenters. The fourth-order valence-electron chi connectivity index (χ4n) is 3.10. The molecule has 1 heterocycles. The summed E-state index contributed by atoms with van der Waals surface area (Å²) in [6.07, 6.45) is -4.25. The average Bonchev–Trinajstić information content (AvgIpc) is 2.93. The van der Waals surface area contributed by atoms with Crippen LogP contribution in [0.5, 0.6) is 0 Å². The van der Waals surface area contributed by atoms with Crippen LogP contribution in [-0.4, -0.2) is 18.4 Å². The number of likely N-dealkylation sites (N-methyl/N-ethyl adjacent to an activating group) is 1. The Bertz CT molecular complexity index is 862. The highest BCUT2D eigenvalue weighted by Gasteiger charge is 2.33. The predicted octanol–water partition coefficient (Wildman–Crippen LogP) is 3.54. The maximum absolute atomic E-state index is 13.0. The van der Waals surface area contributed by atoms with Crippen molar-refractivity contribution in [2.75, 3.05) is 11.4 Å². The Morgan fingerprint density at radius 3 is 2.62 bits per heavy atom. The number of rotatable bonds is 4.